The van der Waals surface area contributed by atoms with Gasteiger partial charge in [-0.1, -0.05) is 60.7 Å². The second-order valence-corrected chi connectivity index (χ2v) is 10.9. The lowest BCUT2D eigenvalue weighted by Crippen LogP contribution is -2.04. The van der Waals surface area contributed by atoms with Gasteiger partial charge in [-0.25, -0.2) is 0 Å². The van der Waals surface area contributed by atoms with E-state index in [1.165, 1.54) is 27.4 Å². The summed E-state index contributed by atoms with van der Waals surface area (Å²) in [5, 5.41) is 14.3. The first-order valence-corrected chi connectivity index (χ1v) is 14.1. The van der Waals surface area contributed by atoms with Crippen molar-refractivity contribution in [3.05, 3.63) is 138 Å². The molecule has 0 amide bonds. The van der Waals surface area contributed by atoms with Gasteiger partial charge in [-0.2, -0.15) is 5.26 Å². The van der Waals surface area contributed by atoms with Crippen molar-refractivity contribution >= 4 is 43.6 Å². The highest BCUT2D eigenvalue weighted by Crippen LogP contribution is 2.40. The first kappa shape index (κ1) is 24.2. The molecule has 4 heteroatoms. The van der Waals surface area contributed by atoms with Gasteiger partial charge in [-0.3, -0.25) is 4.98 Å². The highest BCUT2D eigenvalue weighted by molar-refractivity contribution is 6.11. The van der Waals surface area contributed by atoms with Crippen molar-refractivity contribution in [1.29, 1.82) is 5.26 Å². The second kappa shape index (κ2) is 9.19. The van der Waals surface area contributed by atoms with Gasteiger partial charge in [0.2, 0.25) is 0 Å². The number of para-hydroxylation sites is 3. The van der Waals surface area contributed by atoms with Crippen LogP contribution in [0, 0.1) is 25.2 Å². The number of pyridine rings is 1. The van der Waals surface area contributed by atoms with E-state index in [0.717, 1.165) is 50.0 Å². The van der Waals surface area contributed by atoms with Crippen LogP contribution in [0.25, 0.3) is 66.2 Å². The molecule has 0 radical (unpaired) electrons. The van der Waals surface area contributed by atoms with Crippen molar-refractivity contribution in [2.45, 2.75) is 13.8 Å². The van der Waals surface area contributed by atoms with E-state index in [4.69, 9.17) is 4.98 Å². The van der Waals surface area contributed by atoms with Gasteiger partial charge in [0.1, 0.15) is 0 Å². The molecular formula is C38H26N4. The van der Waals surface area contributed by atoms with Crippen LogP contribution < -0.4 is 0 Å². The van der Waals surface area contributed by atoms with Crippen molar-refractivity contribution in [2.24, 2.45) is 0 Å². The fraction of sp³-hybridized carbons (Fsp3) is 0.0526. The van der Waals surface area contributed by atoms with Crippen LogP contribution in [0.4, 0.5) is 0 Å². The first-order valence-electron chi connectivity index (χ1n) is 14.1. The van der Waals surface area contributed by atoms with Gasteiger partial charge in [0.05, 0.1) is 45.1 Å². The van der Waals surface area contributed by atoms with Crippen LogP contribution in [0.3, 0.4) is 0 Å². The maximum absolute atomic E-state index is 9.66. The Bertz CT molecular complexity index is 2340. The number of hydrogen-bond donors (Lipinski definition) is 0. The Labute approximate surface area is 243 Å². The zero-order valence-electron chi connectivity index (χ0n) is 23.3. The molecule has 8 aromatic rings. The predicted octanol–water partition coefficient (Wildman–Crippen LogP) is 9.43. The summed E-state index contributed by atoms with van der Waals surface area (Å²) in [6.45, 7) is 4.33. The molecule has 0 aliphatic carbocycles. The molecule has 0 unspecified atom stereocenters. The van der Waals surface area contributed by atoms with E-state index >= 15 is 0 Å². The highest BCUT2D eigenvalue weighted by atomic mass is 15.0. The average Bonchev–Trinajstić information content (AvgIpc) is 3.54. The Hall–Kier alpha value is -5.66. The Morgan fingerprint density at radius 2 is 1.19 bits per heavy atom. The lowest BCUT2D eigenvalue weighted by atomic mass is 9.98. The maximum Gasteiger partial charge on any atom is 0.0991 e. The van der Waals surface area contributed by atoms with Crippen molar-refractivity contribution < 1.29 is 0 Å². The summed E-state index contributed by atoms with van der Waals surface area (Å²) >= 11 is 0. The molecule has 0 atom stereocenters. The lowest BCUT2D eigenvalue weighted by molar-refractivity contribution is 1.11. The molecule has 0 spiro atoms. The van der Waals surface area contributed by atoms with Crippen molar-refractivity contribution in [1.82, 2.24) is 14.1 Å². The summed E-state index contributed by atoms with van der Waals surface area (Å²) in [6.07, 6.45) is 1.87. The standard InChI is InChI=1S/C38H26N4/c1-24-10-9-19-40-38(24)31-21-27(41-33-14-6-5-13-30(33)32-20-26(23-39)17-18-36(32)41)22-37(25(31)2)42-34-15-7-3-11-28(34)29-12-4-8-16-35(29)42/h3-22H,1-2H3. The van der Waals surface area contributed by atoms with Crippen LogP contribution in [0.2, 0.25) is 0 Å². The summed E-state index contributed by atoms with van der Waals surface area (Å²) < 4.78 is 4.72. The minimum absolute atomic E-state index is 0.657. The van der Waals surface area contributed by atoms with Crippen LogP contribution in [-0.4, -0.2) is 14.1 Å². The zero-order valence-corrected chi connectivity index (χ0v) is 23.3. The van der Waals surface area contributed by atoms with E-state index in [0.29, 0.717) is 5.56 Å². The van der Waals surface area contributed by atoms with Crippen LogP contribution in [0.15, 0.2) is 121 Å². The van der Waals surface area contributed by atoms with Gasteiger partial charge in [0, 0.05) is 39.0 Å². The largest absolute Gasteiger partial charge is 0.309 e. The number of aryl methyl sites for hydroxylation is 1. The molecule has 3 aromatic heterocycles. The van der Waals surface area contributed by atoms with Crippen LogP contribution >= 0.6 is 0 Å². The monoisotopic (exact) mass is 538 g/mol. The quantitative estimate of drug-likeness (QED) is 0.225. The Morgan fingerprint density at radius 3 is 1.83 bits per heavy atom. The normalized spacial score (nSPS) is 11.5. The highest BCUT2D eigenvalue weighted by Gasteiger charge is 2.20. The van der Waals surface area contributed by atoms with E-state index in [1.54, 1.807) is 0 Å². The molecule has 42 heavy (non-hydrogen) atoms. The Morgan fingerprint density at radius 1 is 0.595 bits per heavy atom. The van der Waals surface area contributed by atoms with Gasteiger partial charge in [-0.05, 0) is 79.6 Å². The fourth-order valence-electron chi connectivity index (χ4n) is 6.56. The third-order valence-electron chi connectivity index (χ3n) is 8.51. The number of nitriles is 1. The molecule has 0 bridgehead atoms. The molecule has 4 nitrogen and oxygen atoms in total. The summed E-state index contributed by atoms with van der Waals surface area (Å²) in [5.41, 5.74) is 11.7. The third kappa shape index (κ3) is 3.44. The molecule has 5 aromatic carbocycles. The van der Waals surface area contributed by atoms with Crippen molar-refractivity contribution in [2.75, 3.05) is 0 Å². The molecular weight excluding hydrogens is 512 g/mol. The second-order valence-electron chi connectivity index (χ2n) is 10.9. The summed E-state index contributed by atoms with van der Waals surface area (Å²) in [6, 6.07) is 42.7. The number of benzene rings is 5. The number of aromatic nitrogens is 3. The number of fused-ring (bicyclic) bond motifs is 6. The third-order valence-corrected chi connectivity index (χ3v) is 8.51. The van der Waals surface area contributed by atoms with E-state index in [1.807, 2.05) is 24.4 Å². The molecule has 0 saturated carbocycles. The van der Waals surface area contributed by atoms with Crippen LogP contribution in [-0.2, 0) is 0 Å². The average molecular weight is 539 g/mol. The summed E-state index contributed by atoms with van der Waals surface area (Å²) in [4.78, 5) is 4.87. The molecule has 0 N–H and O–H groups in total. The molecule has 0 saturated heterocycles. The molecule has 0 aliphatic rings. The minimum atomic E-state index is 0.657. The number of rotatable bonds is 3. The summed E-state index contributed by atoms with van der Waals surface area (Å²) in [5.74, 6) is 0. The Kier molecular flexibility index (Phi) is 5.29. The first-order chi connectivity index (χ1) is 20.6. The molecule has 8 rings (SSSR count). The predicted molar refractivity (Wildman–Crippen MR) is 173 cm³/mol. The topological polar surface area (TPSA) is 46.5 Å². The van der Waals surface area contributed by atoms with Gasteiger partial charge < -0.3 is 9.13 Å². The Balaban J connectivity index is 1.54. The summed E-state index contributed by atoms with van der Waals surface area (Å²) in [7, 11) is 0. The fourth-order valence-corrected chi connectivity index (χ4v) is 6.56. The van der Waals surface area contributed by atoms with E-state index in [2.05, 4.69) is 126 Å². The van der Waals surface area contributed by atoms with Gasteiger partial charge in [0.25, 0.3) is 0 Å². The smallest absolute Gasteiger partial charge is 0.0991 e. The lowest BCUT2D eigenvalue weighted by Gasteiger charge is -2.19. The molecule has 198 valence electrons. The SMILES string of the molecule is Cc1cccnc1-c1cc(-n2c3ccccc3c3cc(C#N)ccc32)cc(-n2c3ccccc3c3ccccc32)c1C. The van der Waals surface area contributed by atoms with Crippen LogP contribution in [0.1, 0.15) is 16.7 Å². The molecule has 0 fully saturated rings. The van der Waals surface area contributed by atoms with Gasteiger partial charge in [0.15, 0.2) is 0 Å². The molecule has 0 aliphatic heterocycles. The number of hydrogen-bond acceptors (Lipinski definition) is 2. The van der Waals surface area contributed by atoms with E-state index < -0.39 is 0 Å². The van der Waals surface area contributed by atoms with E-state index in [9.17, 15) is 5.26 Å². The van der Waals surface area contributed by atoms with Crippen molar-refractivity contribution in [3.8, 4) is 28.7 Å². The van der Waals surface area contributed by atoms with Crippen LogP contribution in [0.5, 0.6) is 0 Å². The number of nitrogens with zero attached hydrogens (tertiary/aromatic N) is 4. The van der Waals surface area contributed by atoms with Crippen molar-refractivity contribution in [3.63, 3.8) is 0 Å². The van der Waals surface area contributed by atoms with Gasteiger partial charge in [-0.15, -0.1) is 0 Å². The minimum Gasteiger partial charge on any atom is -0.309 e. The zero-order chi connectivity index (χ0) is 28.4. The van der Waals surface area contributed by atoms with Gasteiger partial charge >= 0.3 is 0 Å². The van der Waals surface area contributed by atoms with E-state index in [-0.39, 0.29) is 0 Å². The maximum atomic E-state index is 9.66. The molecule has 3 heterocycles.